The molecule has 0 spiro atoms. The lowest BCUT2D eigenvalue weighted by Gasteiger charge is -2.18. The molecular formula is C14H20N2O2. The summed E-state index contributed by atoms with van der Waals surface area (Å²) in [6.45, 7) is 2.74. The molecule has 1 unspecified atom stereocenters. The van der Waals surface area contributed by atoms with Crippen molar-refractivity contribution >= 4 is 11.6 Å². The van der Waals surface area contributed by atoms with Crippen LogP contribution in [0.5, 0.6) is 0 Å². The van der Waals surface area contributed by atoms with E-state index in [9.17, 15) is 9.90 Å². The van der Waals surface area contributed by atoms with Crippen molar-refractivity contribution in [3.63, 3.8) is 0 Å². The predicted octanol–water partition coefficient (Wildman–Crippen LogP) is 1.38. The third kappa shape index (κ3) is 3.31. The summed E-state index contributed by atoms with van der Waals surface area (Å²) in [4.78, 5) is 11.9. The van der Waals surface area contributed by atoms with Crippen molar-refractivity contribution in [1.29, 1.82) is 0 Å². The van der Waals surface area contributed by atoms with Crippen molar-refractivity contribution in [2.24, 2.45) is 5.41 Å². The molecule has 4 nitrogen and oxygen atoms in total. The largest absolute Gasteiger partial charge is 0.396 e. The first-order valence-electron chi connectivity index (χ1n) is 6.35. The molecule has 98 valence electrons. The van der Waals surface area contributed by atoms with Crippen LogP contribution >= 0.6 is 0 Å². The van der Waals surface area contributed by atoms with Gasteiger partial charge in [0.15, 0.2) is 0 Å². The molecule has 0 heterocycles. The van der Waals surface area contributed by atoms with Gasteiger partial charge in [0.05, 0.1) is 6.04 Å². The highest BCUT2D eigenvalue weighted by atomic mass is 16.3. The van der Waals surface area contributed by atoms with E-state index in [0.717, 1.165) is 18.5 Å². The molecule has 4 heteroatoms. The van der Waals surface area contributed by atoms with Gasteiger partial charge < -0.3 is 15.7 Å². The first kappa shape index (κ1) is 13.1. The number of aliphatic hydroxyl groups excluding tert-OH is 1. The van der Waals surface area contributed by atoms with Gasteiger partial charge in [-0.05, 0) is 31.9 Å². The number of hydrogen-bond donors (Lipinski definition) is 3. The van der Waals surface area contributed by atoms with Gasteiger partial charge in [0.1, 0.15) is 0 Å². The fraction of sp³-hybridized carbons (Fsp3) is 0.500. The van der Waals surface area contributed by atoms with E-state index in [1.165, 1.54) is 0 Å². The Morgan fingerprint density at radius 2 is 2.06 bits per heavy atom. The van der Waals surface area contributed by atoms with Gasteiger partial charge in [-0.3, -0.25) is 4.79 Å². The first-order valence-corrected chi connectivity index (χ1v) is 6.35. The van der Waals surface area contributed by atoms with Crippen LogP contribution in [0.1, 0.15) is 19.8 Å². The van der Waals surface area contributed by atoms with Crippen LogP contribution < -0.4 is 10.6 Å². The Morgan fingerprint density at radius 1 is 1.39 bits per heavy atom. The molecule has 1 fully saturated rings. The van der Waals surface area contributed by atoms with Gasteiger partial charge in [0.2, 0.25) is 5.91 Å². The Labute approximate surface area is 107 Å². The summed E-state index contributed by atoms with van der Waals surface area (Å²) in [7, 11) is 0. The van der Waals surface area contributed by atoms with E-state index < -0.39 is 0 Å². The number of aliphatic hydroxyl groups is 1. The number of carbonyl (C=O) groups is 1. The third-order valence-corrected chi connectivity index (χ3v) is 3.51. The van der Waals surface area contributed by atoms with Crippen LogP contribution in [0.25, 0.3) is 0 Å². The molecule has 1 aromatic rings. The highest BCUT2D eigenvalue weighted by Crippen LogP contribution is 2.44. The molecule has 1 aromatic carbocycles. The second-order valence-corrected chi connectivity index (χ2v) is 5.12. The minimum atomic E-state index is -0.255. The van der Waals surface area contributed by atoms with E-state index in [4.69, 9.17) is 0 Å². The van der Waals surface area contributed by atoms with Crippen LogP contribution in [0.3, 0.4) is 0 Å². The Morgan fingerprint density at radius 3 is 2.61 bits per heavy atom. The summed E-state index contributed by atoms with van der Waals surface area (Å²) in [5.74, 6) is -0.0464. The number of anilines is 1. The normalized spacial score (nSPS) is 18.1. The SMILES string of the molecule is CC(NCC1(CO)CC1)C(=O)Nc1ccccc1. The molecule has 18 heavy (non-hydrogen) atoms. The van der Waals surface area contributed by atoms with Gasteiger partial charge in [0, 0.05) is 24.3 Å². The van der Waals surface area contributed by atoms with E-state index in [0.29, 0.717) is 6.54 Å². The zero-order valence-corrected chi connectivity index (χ0v) is 10.6. The number of nitrogens with one attached hydrogen (secondary N) is 2. The van der Waals surface area contributed by atoms with Crippen molar-refractivity contribution in [3.8, 4) is 0 Å². The van der Waals surface area contributed by atoms with E-state index in [2.05, 4.69) is 10.6 Å². The molecule has 0 radical (unpaired) electrons. The van der Waals surface area contributed by atoms with Crippen molar-refractivity contribution in [3.05, 3.63) is 30.3 Å². The van der Waals surface area contributed by atoms with Gasteiger partial charge in [-0.25, -0.2) is 0 Å². The third-order valence-electron chi connectivity index (χ3n) is 3.51. The summed E-state index contributed by atoms with van der Waals surface area (Å²) >= 11 is 0. The van der Waals surface area contributed by atoms with Crippen molar-refractivity contribution in [2.45, 2.75) is 25.8 Å². The molecule has 1 atom stereocenters. The molecule has 0 aromatic heterocycles. The monoisotopic (exact) mass is 248 g/mol. The van der Waals surface area contributed by atoms with Gasteiger partial charge in [-0.15, -0.1) is 0 Å². The van der Waals surface area contributed by atoms with Crippen LogP contribution in [-0.2, 0) is 4.79 Å². The summed E-state index contributed by atoms with van der Waals surface area (Å²) in [6, 6.07) is 9.16. The molecular weight excluding hydrogens is 228 g/mol. The van der Waals surface area contributed by atoms with E-state index >= 15 is 0 Å². The second kappa shape index (κ2) is 5.50. The van der Waals surface area contributed by atoms with Crippen LogP contribution in [0.15, 0.2) is 30.3 Å². The fourth-order valence-corrected chi connectivity index (χ4v) is 1.80. The number of rotatable bonds is 6. The number of benzene rings is 1. The topological polar surface area (TPSA) is 61.4 Å². The molecule has 2 rings (SSSR count). The molecule has 1 aliphatic carbocycles. The van der Waals surface area contributed by atoms with Gasteiger partial charge in [0.25, 0.3) is 0 Å². The average molecular weight is 248 g/mol. The second-order valence-electron chi connectivity index (χ2n) is 5.12. The van der Waals surface area contributed by atoms with Crippen LogP contribution in [-0.4, -0.2) is 30.2 Å². The van der Waals surface area contributed by atoms with E-state index in [-0.39, 0.29) is 24.0 Å². The van der Waals surface area contributed by atoms with Gasteiger partial charge in [-0.2, -0.15) is 0 Å². The maximum absolute atomic E-state index is 11.9. The van der Waals surface area contributed by atoms with Crippen LogP contribution in [0.4, 0.5) is 5.69 Å². The minimum absolute atomic E-state index is 0.0291. The number of hydrogen-bond acceptors (Lipinski definition) is 3. The van der Waals surface area contributed by atoms with Crippen LogP contribution in [0.2, 0.25) is 0 Å². The Kier molecular flexibility index (Phi) is 3.99. The standard InChI is InChI=1S/C14H20N2O2/c1-11(15-9-14(10-17)7-8-14)13(18)16-12-5-3-2-4-6-12/h2-6,11,15,17H,7-10H2,1H3,(H,16,18). The molecule has 1 saturated carbocycles. The quantitative estimate of drug-likeness (QED) is 0.712. The number of para-hydroxylation sites is 1. The van der Waals surface area contributed by atoms with Gasteiger partial charge >= 0.3 is 0 Å². The van der Waals surface area contributed by atoms with E-state index in [1.807, 2.05) is 37.3 Å². The molecule has 3 N–H and O–H groups in total. The average Bonchev–Trinajstić information content (AvgIpc) is 3.18. The zero-order valence-electron chi connectivity index (χ0n) is 10.6. The first-order chi connectivity index (χ1) is 8.65. The fourth-order valence-electron chi connectivity index (χ4n) is 1.80. The molecule has 0 bridgehead atoms. The summed E-state index contributed by atoms with van der Waals surface area (Å²) in [5.41, 5.74) is 0.834. The highest BCUT2D eigenvalue weighted by molar-refractivity contribution is 5.94. The lowest BCUT2D eigenvalue weighted by atomic mass is 10.1. The van der Waals surface area contributed by atoms with E-state index in [1.54, 1.807) is 0 Å². The maximum atomic E-state index is 11.9. The number of amides is 1. The van der Waals surface area contributed by atoms with Crippen LogP contribution in [0, 0.1) is 5.41 Å². The minimum Gasteiger partial charge on any atom is -0.396 e. The highest BCUT2D eigenvalue weighted by Gasteiger charge is 2.41. The van der Waals surface area contributed by atoms with Gasteiger partial charge in [-0.1, -0.05) is 18.2 Å². The zero-order chi connectivity index (χ0) is 13.0. The Hall–Kier alpha value is -1.39. The molecule has 0 saturated heterocycles. The Balaban J connectivity index is 1.78. The molecule has 1 amide bonds. The predicted molar refractivity (Wildman–Crippen MR) is 71.3 cm³/mol. The number of carbonyl (C=O) groups excluding carboxylic acids is 1. The summed E-state index contributed by atoms with van der Waals surface area (Å²) in [5, 5.41) is 15.2. The molecule has 1 aliphatic rings. The van der Waals surface area contributed by atoms with Crippen molar-refractivity contribution in [1.82, 2.24) is 5.32 Å². The summed E-state index contributed by atoms with van der Waals surface area (Å²) < 4.78 is 0. The smallest absolute Gasteiger partial charge is 0.241 e. The van der Waals surface area contributed by atoms with Crippen molar-refractivity contribution in [2.75, 3.05) is 18.5 Å². The molecule has 0 aliphatic heterocycles. The van der Waals surface area contributed by atoms with Crippen molar-refractivity contribution < 1.29 is 9.90 Å². The maximum Gasteiger partial charge on any atom is 0.241 e. The summed E-state index contributed by atoms with van der Waals surface area (Å²) in [6.07, 6.45) is 2.09. The lowest BCUT2D eigenvalue weighted by molar-refractivity contribution is -0.117. The lowest BCUT2D eigenvalue weighted by Crippen LogP contribution is -2.41. The Bertz CT molecular complexity index is 402.